The summed E-state index contributed by atoms with van der Waals surface area (Å²) in [6.45, 7) is 7.88. The molecule has 1 saturated heterocycles. The van der Waals surface area contributed by atoms with Crippen molar-refractivity contribution in [3.05, 3.63) is 52.2 Å². The number of aryl methyl sites for hydroxylation is 1. The van der Waals surface area contributed by atoms with Gasteiger partial charge in [-0.25, -0.2) is 0 Å². The molecule has 0 aliphatic carbocycles. The van der Waals surface area contributed by atoms with Crippen molar-refractivity contribution in [3.8, 4) is 0 Å². The Hall–Kier alpha value is -1.85. The molecule has 1 amide bonds. The van der Waals surface area contributed by atoms with Gasteiger partial charge in [0.2, 0.25) is 5.91 Å². The van der Waals surface area contributed by atoms with E-state index in [0.717, 1.165) is 39.1 Å². The van der Waals surface area contributed by atoms with Crippen molar-refractivity contribution in [2.24, 2.45) is 0 Å². The summed E-state index contributed by atoms with van der Waals surface area (Å²) in [5, 5.41) is 5.06. The summed E-state index contributed by atoms with van der Waals surface area (Å²) in [5.74, 6) is 0.147. The number of anilines is 1. The fourth-order valence-electron chi connectivity index (χ4n) is 3.30. The zero-order chi connectivity index (χ0) is 17.5. The summed E-state index contributed by atoms with van der Waals surface area (Å²) in [6, 6.07) is 12.7. The lowest BCUT2D eigenvalue weighted by Crippen LogP contribution is -2.34. The predicted octanol–water partition coefficient (Wildman–Crippen LogP) is 3.28. The molecule has 2 aromatic rings. The lowest BCUT2D eigenvalue weighted by molar-refractivity contribution is -0.121. The van der Waals surface area contributed by atoms with E-state index in [1.54, 1.807) is 11.3 Å². The smallest absolute Gasteiger partial charge is 0.221 e. The second-order valence-electron chi connectivity index (χ2n) is 6.57. The number of benzene rings is 1. The Bertz CT molecular complexity index is 671. The zero-order valence-electron chi connectivity index (χ0n) is 14.9. The number of hydrogen-bond donors (Lipinski definition) is 1. The summed E-state index contributed by atoms with van der Waals surface area (Å²) in [5.41, 5.74) is 2.68. The average molecular weight is 358 g/mol. The molecule has 2 heterocycles. The number of nitrogens with zero attached hydrogens (tertiary/aromatic N) is 2. The Labute approximate surface area is 154 Å². The summed E-state index contributed by atoms with van der Waals surface area (Å²) in [7, 11) is 0. The van der Waals surface area contributed by atoms with Crippen molar-refractivity contribution in [1.82, 2.24) is 10.2 Å². The number of hydrogen-bond acceptors (Lipinski definition) is 4. The Kier molecular flexibility index (Phi) is 6.48. The molecule has 0 radical (unpaired) electrons. The number of carbonyl (C=O) groups excluding carboxylic acids is 1. The minimum Gasteiger partial charge on any atom is -0.370 e. The molecule has 25 heavy (non-hydrogen) atoms. The van der Waals surface area contributed by atoms with Gasteiger partial charge in [-0.1, -0.05) is 24.3 Å². The van der Waals surface area contributed by atoms with E-state index in [4.69, 9.17) is 0 Å². The van der Waals surface area contributed by atoms with E-state index < -0.39 is 0 Å². The SMILES string of the molecule is Cc1ccccc1N1CCCN(CCC(=O)NCc2cccs2)CC1. The van der Waals surface area contributed by atoms with Gasteiger partial charge in [-0.2, -0.15) is 0 Å². The van der Waals surface area contributed by atoms with Gasteiger partial charge < -0.3 is 15.1 Å². The fourth-order valence-corrected chi connectivity index (χ4v) is 3.95. The van der Waals surface area contributed by atoms with E-state index in [-0.39, 0.29) is 5.91 Å². The number of thiophene rings is 1. The van der Waals surface area contributed by atoms with Gasteiger partial charge in [0.05, 0.1) is 6.54 Å². The summed E-state index contributed by atoms with van der Waals surface area (Å²) in [4.78, 5) is 18.2. The van der Waals surface area contributed by atoms with Crippen LogP contribution in [0.2, 0.25) is 0 Å². The molecule has 1 fully saturated rings. The van der Waals surface area contributed by atoms with Crippen LogP contribution < -0.4 is 10.2 Å². The maximum Gasteiger partial charge on any atom is 0.221 e. The maximum atomic E-state index is 12.1. The van der Waals surface area contributed by atoms with E-state index >= 15 is 0 Å². The van der Waals surface area contributed by atoms with Crippen LogP contribution in [-0.2, 0) is 11.3 Å². The lowest BCUT2D eigenvalue weighted by Gasteiger charge is -2.25. The van der Waals surface area contributed by atoms with Crippen LogP contribution in [0.1, 0.15) is 23.3 Å². The molecular formula is C20H27N3OS. The topological polar surface area (TPSA) is 35.6 Å². The summed E-state index contributed by atoms with van der Waals surface area (Å²) in [6.07, 6.45) is 1.72. The second-order valence-corrected chi connectivity index (χ2v) is 7.61. The van der Waals surface area contributed by atoms with Crippen LogP contribution in [0, 0.1) is 6.92 Å². The normalized spacial score (nSPS) is 15.8. The van der Waals surface area contributed by atoms with Crippen LogP contribution in [0.15, 0.2) is 41.8 Å². The van der Waals surface area contributed by atoms with Crippen molar-refractivity contribution < 1.29 is 4.79 Å². The van der Waals surface area contributed by atoms with Crippen LogP contribution in [0.4, 0.5) is 5.69 Å². The highest BCUT2D eigenvalue weighted by molar-refractivity contribution is 7.09. The first-order chi connectivity index (χ1) is 12.2. The van der Waals surface area contributed by atoms with Crippen molar-refractivity contribution in [2.45, 2.75) is 26.3 Å². The lowest BCUT2D eigenvalue weighted by atomic mass is 10.2. The van der Waals surface area contributed by atoms with E-state index in [2.05, 4.69) is 52.4 Å². The number of para-hydroxylation sites is 1. The Morgan fingerprint density at radius 2 is 2.00 bits per heavy atom. The molecule has 1 aliphatic rings. The molecule has 1 aromatic carbocycles. The van der Waals surface area contributed by atoms with E-state index in [0.29, 0.717) is 13.0 Å². The van der Waals surface area contributed by atoms with Crippen LogP contribution >= 0.6 is 11.3 Å². The third kappa shape index (κ3) is 5.31. The van der Waals surface area contributed by atoms with Gasteiger partial charge >= 0.3 is 0 Å². The van der Waals surface area contributed by atoms with Gasteiger partial charge in [0.1, 0.15) is 0 Å². The van der Waals surface area contributed by atoms with Gasteiger partial charge in [0, 0.05) is 43.2 Å². The monoisotopic (exact) mass is 357 g/mol. The number of carbonyl (C=O) groups is 1. The van der Waals surface area contributed by atoms with Gasteiger partial charge in [-0.3, -0.25) is 4.79 Å². The Balaban J connectivity index is 1.42. The van der Waals surface area contributed by atoms with E-state index in [1.165, 1.54) is 16.1 Å². The number of rotatable bonds is 6. The van der Waals surface area contributed by atoms with E-state index in [9.17, 15) is 4.79 Å². The summed E-state index contributed by atoms with van der Waals surface area (Å²) < 4.78 is 0. The highest BCUT2D eigenvalue weighted by atomic mass is 32.1. The van der Waals surface area contributed by atoms with Crippen molar-refractivity contribution in [2.75, 3.05) is 37.6 Å². The highest BCUT2D eigenvalue weighted by Crippen LogP contribution is 2.20. The molecule has 1 aliphatic heterocycles. The Morgan fingerprint density at radius 3 is 2.80 bits per heavy atom. The first-order valence-electron chi connectivity index (χ1n) is 9.04. The maximum absolute atomic E-state index is 12.1. The van der Waals surface area contributed by atoms with Gasteiger partial charge in [0.15, 0.2) is 0 Å². The van der Waals surface area contributed by atoms with Gasteiger partial charge in [-0.15, -0.1) is 11.3 Å². The molecule has 1 aromatic heterocycles. The Morgan fingerprint density at radius 1 is 1.12 bits per heavy atom. The molecule has 0 unspecified atom stereocenters. The summed E-state index contributed by atoms with van der Waals surface area (Å²) >= 11 is 1.68. The molecule has 134 valence electrons. The zero-order valence-corrected chi connectivity index (χ0v) is 15.7. The first kappa shape index (κ1) is 18.0. The van der Waals surface area contributed by atoms with Crippen LogP contribution in [0.25, 0.3) is 0 Å². The molecule has 5 heteroatoms. The fraction of sp³-hybridized carbons (Fsp3) is 0.450. The van der Waals surface area contributed by atoms with Gasteiger partial charge in [-0.05, 0) is 43.0 Å². The minimum absolute atomic E-state index is 0.147. The minimum atomic E-state index is 0.147. The molecule has 0 saturated carbocycles. The van der Waals surface area contributed by atoms with Crippen LogP contribution in [0.5, 0.6) is 0 Å². The van der Waals surface area contributed by atoms with Crippen molar-refractivity contribution >= 4 is 22.9 Å². The standard InChI is InChI=1S/C20H27N3OS/c1-17-6-2-3-8-19(17)23-11-5-10-22(13-14-23)12-9-20(24)21-16-18-7-4-15-25-18/h2-4,6-8,15H,5,9-14,16H2,1H3,(H,21,24). The highest BCUT2D eigenvalue weighted by Gasteiger charge is 2.16. The quantitative estimate of drug-likeness (QED) is 0.862. The van der Waals surface area contributed by atoms with Crippen LogP contribution in [0.3, 0.4) is 0 Å². The average Bonchev–Trinajstić information content (AvgIpc) is 3.03. The number of amides is 1. The molecule has 1 N–H and O–H groups in total. The molecule has 0 spiro atoms. The molecular weight excluding hydrogens is 330 g/mol. The molecule has 3 rings (SSSR count). The largest absolute Gasteiger partial charge is 0.370 e. The van der Waals surface area contributed by atoms with Crippen LogP contribution in [-0.4, -0.2) is 43.5 Å². The van der Waals surface area contributed by atoms with Crippen molar-refractivity contribution in [1.29, 1.82) is 0 Å². The molecule has 0 atom stereocenters. The molecule has 0 bridgehead atoms. The second kappa shape index (κ2) is 9.02. The van der Waals surface area contributed by atoms with E-state index in [1.807, 2.05) is 11.4 Å². The van der Waals surface area contributed by atoms with Crippen molar-refractivity contribution in [3.63, 3.8) is 0 Å². The third-order valence-corrected chi connectivity index (χ3v) is 5.62. The number of nitrogens with one attached hydrogen (secondary N) is 1. The predicted molar refractivity (Wildman–Crippen MR) is 105 cm³/mol. The first-order valence-corrected chi connectivity index (χ1v) is 9.92. The molecule has 4 nitrogen and oxygen atoms in total. The van der Waals surface area contributed by atoms with Gasteiger partial charge in [0.25, 0.3) is 0 Å². The third-order valence-electron chi connectivity index (χ3n) is 4.74.